The molecule has 1 aliphatic heterocycles. The van der Waals surface area contributed by atoms with Gasteiger partial charge in [0.15, 0.2) is 0 Å². The Morgan fingerprint density at radius 2 is 1.71 bits per heavy atom. The molecule has 1 heterocycles. The van der Waals surface area contributed by atoms with Gasteiger partial charge in [0.2, 0.25) is 0 Å². The number of nitrogens with zero attached hydrogens (tertiary/aromatic N) is 2. The SMILES string of the molecule is Br.CN1C=CN(c2cccc3ccccc23)C1. The summed E-state index contributed by atoms with van der Waals surface area (Å²) in [5.74, 6) is 0. The number of halogens is 1. The van der Waals surface area contributed by atoms with Crippen LogP contribution in [-0.4, -0.2) is 18.6 Å². The highest BCUT2D eigenvalue weighted by atomic mass is 79.9. The maximum absolute atomic E-state index is 2.27. The Morgan fingerprint density at radius 1 is 0.941 bits per heavy atom. The molecule has 88 valence electrons. The molecule has 3 rings (SSSR count). The first-order valence-electron chi connectivity index (χ1n) is 5.47. The molecule has 17 heavy (non-hydrogen) atoms. The quantitative estimate of drug-likeness (QED) is 0.792. The van der Waals surface area contributed by atoms with Crippen molar-refractivity contribution in [2.75, 3.05) is 18.6 Å². The van der Waals surface area contributed by atoms with Crippen LogP contribution in [-0.2, 0) is 0 Å². The van der Waals surface area contributed by atoms with E-state index >= 15 is 0 Å². The van der Waals surface area contributed by atoms with Crippen LogP contribution in [0, 0.1) is 0 Å². The molecule has 0 spiro atoms. The molecule has 0 amide bonds. The average Bonchev–Trinajstić information content (AvgIpc) is 2.75. The third kappa shape index (κ3) is 2.15. The molecule has 0 radical (unpaired) electrons. The number of hydrogen-bond acceptors (Lipinski definition) is 2. The summed E-state index contributed by atoms with van der Waals surface area (Å²) in [5.41, 5.74) is 1.28. The summed E-state index contributed by atoms with van der Waals surface area (Å²) in [6, 6.07) is 14.9. The summed E-state index contributed by atoms with van der Waals surface area (Å²) in [6.07, 6.45) is 4.23. The zero-order chi connectivity index (χ0) is 11.0. The van der Waals surface area contributed by atoms with Crippen molar-refractivity contribution in [3.8, 4) is 0 Å². The fourth-order valence-electron chi connectivity index (χ4n) is 2.14. The summed E-state index contributed by atoms with van der Waals surface area (Å²) >= 11 is 0. The van der Waals surface area contributed by atoms with Crippen molar-refractivity contribution in [3.63, 3.8) is 0 Å². The molecule has 1 aliphatic rings. The monoisotopic (exact) mass is 290 g/mol. The van der Waals surface area contributed by atoms with Crippen LogP contribution in [0.3, 0.4) is 0 Å². The highest BCUT2D eigenvalue weighted by Gasteiger charge is 2.12. The van der Waals surface area contributed by atoms with Gasteiger partial charge in [-0.3, -0.25) is 0 Å². The van der Waals surface area contributed by atoms with E-state index in [1.54, 1.807) is 0 Å². The van der Waals surface area contributed by atoms with E-state index in [2.05, 4.69) is 71.7 Å². The second-order valence-corrected chi connectivity index (χ2v) is 4.16. The molecule has 2 aromatic rings. The number of benzene rings is 2. The fourth-order valence-corrected chi connectivity index (χ4v) is 2.14. The van der Waals surface area contributed by atoms with Crippen molar-refractivity contribution in [2.45, 2.75) is 0 Å². The number of anilines is 1. The van der Waals surface area contributed by atoms with Crippen molar-refractivity contribution < 1.29 is 0 Å². The first-order chi connectivity index (χ1) is 7.84. The van der Waals surface area contributed by atoms with Gasteiger partial charge in [-0.2, -0.15) is 0 Å². The average molecular weight is 291 g/mol. The Labute approximate surface area is 112 Å². The Kier molecular flexibility index (Phi) is 3.38. The normalized spacial score (nSPS) is 14.2. The molecule has 0 N–H and O–H groups in total. The molecule has 0 aliphatic carbocycles. The second kappa shape index (κ2) is 4.80. The highest BCUT2D eigenvalue weighted by molar-refractivity contribution is 8.93. The minimum Gasteiger partial charge on any atom is -0.361 e. The van der Waals surface area contributed by atoms with Gasteiger partial charge < -0.3 is 9.80 Å². The van der Waals surface area contributed by atoms with Crippen LogP contribution in [0.25, 0.3) is 10.8 Å². The van der Waals surface area contributed by atoms with E-state index in [1.165, 1.54) is 16.5 Å². The van der Waals surface area contributed by atoms with Crippen molar-refractivity contribution in [3.05, 3.63) is 54.9 Å². The second-order valence-electron chi connectivity index (χ2n) is 4.16. The summed E-state index contributed by atoms with van der Waals surface area (Å²) in [5, 5.41) is 2.60. The molecule has 2 aromatic carbocycles. The summed E-state index contributed by atoms with van der Waals surface area (Å²) in [7, 11) is 2.08. The van der Waals surface area contributed by atoms with Gasteiger partial charge in [-0.15, -0.1) is 17.0 Å². The van der Waals surface area contributed by atoms with Crippen LogP contribution < -0.4 is 4.90 Å². The highest BCUT2D eigenvalue weighted by Crippen LogP contribution is 2.28. The Balaban J connectivity index is 0.00000108. The van der Waals surface area contributed by atoms with E-state index in [4.69, 9.17) is 0 Å². The summed E-state index contributed by atoms with van der Waals surface area (Å²) in [4.78, 5) is 4.43. The minimum absolute atomic E-state index is 0. The molecule has 0 saturated heterocycles. The first kappa shape index (κ1) is 12.0. The molecule has 0 bridgehead atoms. The zero-order valence-electron chi connectivity index (χ0n) is 9.71. The third-order valence-electron chi connectivity index (χ3n) is 2.95. The van der Waals surface area contributed by atoms with Gasteiger partial charge in [-0.1, -0.05) is 36.4 Å². The lowest BCUT2D eigenvalue weighted by atomic mass is 10.1. The van der Waals surface area contributed by atoms with E-state index < -0.39 is 0 Å². The van der Waals surface area contributed by atoms with Crippen LogP contribution in [0.5, 0.6) is 0 Å². The summed E-state index contributed by atoms with van der Waals surface area (Å²) < 4.78 is 0. The maximum Gasteiger partial charge on any atom is 0.0939 e. The lowest BCUT2D eigenvalue weighted by Gasteiger charge is -2.20. The van der Waals surface area contributed by atoms with Crippen molar-refractivity contribution in [1.82, 2.24) is 4.90 Å². The molecule has 0 atom stereocenters. The van der Waals surface area contributed by atoms with E-state index in [1.807, 2.05) is 0 Å². The third-order valence-corrected chi connectivity index (χ3v) is 2.95. The van der Waals surface area contributed by atoms with Gasteiger partial charge in [0.1, 0.15) is 0 Å². The number of hydrogen-bond donors (Lipinski definition) is 0. The minimum atomic E-state index is 0. The Hall–Kier alpha value is -1.48. The summed E-state index contributed by atoms with van der Waals surface area (Å²) in [6.45, 7) is 0.925. The zero-order valence-corrected chi connectivity index (χ0v) is 11.4. The number of fused-ring (bicyclic) bond motifs is 1. The molecule has 0 unspecified atom stereocenters. The predicted molar refractivity (Wildman–Crippen MR) is 78.5 cm³/mol. The Bertz CT molecular complexity index is 545. The largest absolute Gasteiger partial charge is 0.361 e. The van der Waals surface area contributed by atoms with Gasteiger partial charge in [0.05, 0.1) is 12.4 Å². The molecular weight excluding hydrogens is 276 g/mol. The topological polar surface area (TPSA) is 6.48 Å². The molecule has 0 saturated carbocycles. The standard InChI is InChI=1S/C14H14N2.BrH/c1-15-9-10-16(11-15)14-8-4-6-12-5-2-3-7-13(12)14;/h2-10H,11H2,1H3;1H. The van der Waals surface area contributed by atoms with Crippen molar-refractivity contribution in [1.29, 1.82) is 0 Å². The van der Waals surface area contributed by atoms with Gasteiger partial charge >= 0.3 is 0 Å². The molecule has 0 fully saturated rings. The predicted octanol–water partition coefficient (Wildman–Crippen LogP) is 3.60. The van der Waals surface area contributed by atoms with E-state index in [0.29, 0.717) is 0 Å². The molecular formula is C14H15BrN2. The van der Waals surface area contributed by atoms with Crippen molar-refractivity contribution in [2.24, 2.45) is 0 Å². The van der Waals surface area contributed by atoms with Gasteiger partial charge in [0.25, 0.3) is 0 Å². The Morgan fingerprint density at radius 3 is 2.47 bits per heavy atom. The fraction of sp³-hybridized carbons (Fsp3) is 0.143. The van der Waals surface area contributed by atoms with E-state index in [9.17, 15) is 0 Å². The lowest BCUT2D eigenvalue weighted by molar-refractivity contribution is 0.496. The van der Waals surface area contributed by atoms with Crippen LogP contribution in [0.2, 0.25) is 0 Å². The molecule has 0 aromatic heterocycles. The molecule has 2 nitrogen and oxygen atoms in total. The van der Waals surface area contributed by atoms with E-state index in [0.717, 1.165) is 6.67 Å². The van der Waals surface area contributed by atoms with Crippen molar-refractivity contribution >= 4 is 33.4 Å². The van der Waals surface area contributed by atoms with Gasteiger partial charge in [-0.05, 0) is 11.5 Å². The number of rotatable bonds is 1. The van der Waals surface area contributed by atoms with E-state index in [-0.39, 0.29) is 17.0 Å². The van der Waals surface area contributed by atoms with Crippen LogP contribution in [0.1, 0.15) is 0 Å². The van der Waals surface area contributed by atoms with Crippen LogP contribution in [0.4, 0.5) is 5.69 Å². The first-order valence-corrected chi connectivity index (χ1v) is 5.47. The van der Waals surface area contributed by atoms with Gasteiger partial charge in [0, 0.05) is 24.8 Å². The van der Waals surface area contributed by atoms with Gasteiger partial charge in [-0.25, -0.2) is 0 Å². The van der Waals surface area contributed by atoms with Crippen LogP contribution >= 0.6 is 17.0 Å². The smallest absolute Gasteiger partial charge is 0.0939 e. The van der Waals surface area contributed by atoms with Crippen LogP contribution in [0.15, 0.2) is 54.9 Å². The molecule has 3 heteroatoms. The lowest BCUT2D eigenvalue weighted by Crippen LogP contribution is -2.21. The maximum atomic E-state index is 2.27.